The van der Waals surface area contributed by atoms with Gasteiger partial charge in [-0.05, 0) is 19.1 Å². The Morgan fingerprint density at radius 2 is 2.50 bits per heavy atom. The maximum Gasteiger partial charge on any atom is 0.0640 e. The summed E-state index contributed by atoms with van der Waals surface area (Å²) in [5.74, 6) is 0. The predicted molar refractivity (Wildman–Crippen MR) is 39.4 cm³/mol. The zero-order chi connectivity index (χ0) is 7.40. The maximum absolute atomic E-state index is 8.29. The third-order valence-electron chi connectivity index (χ3n) is 1.52. The van der Waals surface area contributed by atoms with Crippen LogP contribution in [0.2, 0.25) is 0 Å². The molecule has 0 N–H and O–H groups in total. The van der Waals surface area contributed by atoms with Crippen LogP contribution in [0.3, 0.4) is 0 Å². The van der Waals surface area contributed by atoms with Crippen LogP contribution in [0.25, 0.3) is 0 Å². The molecule has 1 rings (SSSR count). The zero-order valence-electron chi connectivity index (χ0n) is 6.04. The van der Waals surface area contributed by atoms with Gasteiger partial charge in [0, 0.05) is 18.4 Å². The van der Waals surface area contributed by atoms with Crippen molar-refractivity contribution in [3.63, 3.8) is 0 Å². The molecule has 0 saturated carbocycles. The van der Waals surface area contributed by atoms with Crippen LogP contribution in [0.4, 0.5) is 0 Å². The Bertz CT molecular complexity index is 242. The molecule has 0 spiro atoms. The molecule has 0 aliphatic rings. The van der Waals surface area contributed by atoms with E-state index in [9.17, 15) is 0 Å². The van der Waals surface area contributed by atoms with Gasteiger partial charge in [-0.3, -0.25) is 0 Å². The topological polar surface area (TPSA) is 28.7 Å². The van der Waals surface area contributed by atoms with E-state index < -0.39 is 0 Å². The van der Waals surface area contributed by atoms with Gasteiger partial charge < -0.3 is 4.57 Å². The van der Waals surface area contributed by atoms with Gasteiger partial charge >= 0.3 is 0 Å². The van der Waals surface area contributed by atoms with Crippen LogP contribution >= 0.6 is 0 Å². The van der Waals surface area contributed by atoms with Gasteiger partial charge in [-0.15, -0.1) is 0 Å². The van der Waals surface area contributed by atoms with Crippen molar-refractivity contribution in [2.24, 2.45) is 0 Å². The van der Waals surface area contributed by atoms with E-state index in [0.29, 0.717) is 6.42 Å². The molecule has 10 heavy (non-hydrogen) atoms. The van der Waals surface area contributed by atoms with Crippen molar-refractivity contribution in [2.45, 2.75) is 19.9 Å². The van der Waals surface area contributed by atoms with E-state index in [2.05, 4.69) is 10.6 Å². The first-order chi connectivity index (χ1) is 4.84. The van der Waals surface area contributed by atoms with Gasteiger partial charge in [0.15, 0.2) is 0 Å². The molecule has 1 heterocycles. The van der Waals surface area contributed by atoms with Crippen LogP contribution in [-0.4, -0.2) is 4.57 Å². The summed E-state index contributed by atoms with van der Waals surface area (Å²) >= 11 is 0. The van der Waals surface area contributed by atoms with Gasteiger partial charge in [0.25, 0.3) is 0 Å². The monoisotopic (exact) mass is 134 g/mol. The van der Waals surface area contributed by atoms with Crippen LogP contribution in [0.5, 0.6) is 0 Å². The summed E-state index contributed by atoms with van der Waals surface area (Å²) in [5, 5.41) is 8.29. The summed E-state index contributed by atoms with van der Waals surface area (Å²) in [6.07, 6.45) is 2.59. The van der Waals surface area contributed by atoms with E-state index in [0.717, 1.165) is 6.54 Å². The number of nitrogens with zero attached hydrogens (tertiary/aromatic N) is 2. The number of aryl methyl sites for hydroxylation is 2. The number of rotatable bonds is 2. The minimum atomic E-state index is 0.593. The second-order valence-electron chi connectivity index (χ2n) is 2.25. The van der Waals surface area contributed by atoms with Gasteiger partial charge in [-0.1, -0.05) is 0 Å². The van der Waals surface area contributed by atoms with Crippen LogP contribution in [-0.2, 0) is 6.54 Å². The highest BCUT2D eigenvalue weighted by Crippen LogP contribution is 1.99. The standard InChI is InChI=1S/C8H10N2/c1-8-4-2-6-10(8)7-3-5-9/h2,4,6H,3,7H2,1H3. The smallest absolute Gasteiger partial charge is 0.0640 e. The molecule has 0 unspecified atom stereocenters. The number of aromatic nitrogens is 1. The summed E-state index contributed by atoms with van der Waals surface area (Å²) in [6.45, 7) is 2.85. The second kappa shape index (κ2) is 3.07. The molecule has 0 aliphatic heterocycles. The molecule has 0 fully saturated rings. The number of hydrogen-bond donors (Lipinski definition) is 0. The molecule has 0 aromatic carbocycles. The summed E-state index contributed by atoms with van der Waals surface area (Å²) in [5.41, 5.74) is 1.22. The summed E-state index contributed by atoms with van der Waals surface area (Å²) < 4.78 is 2.07. The Morgan fingerprint density at radius 1 is 1.70 bits per heavy atom. The fourth-order valence-electron chi connectivity index (χ4n) is 0.921. The Labute approximate surface area is 60.7 Å². The SMILES string of the molecule is Cc1cccn1CCC#N. The highest BCUT2D eigenvalue weighted by molar-refractivity contribution is 5.04. The lowest BCUT2D eigenvalue weighted by atomic mass is 10.4. The molecule has 0 radical (unpaired) electrons. The van der Waals surface area contributed by atoms with Crippen LogP contribution in [0.1, 0.15) is 12.1 Å². The Hall–Kier alpha value is -1.23. The Balaban J connectivity index is 2.59. The van der Waals surface area contributed by atoms with Crippen molar-refractivity contribution in [2.75, 3.05) is 0 Å². The lowest BCUT2D eigenvalue weighted by Gasteiger charge is -1.99. The molecule has 1 aromatic heterocycles. The third kappa shape index (κ3) is 1.38. The van der Waals surface area contributed by atoms with E-state index in [4.69, 9.17) is 5.26 Å². The van der Waals surface area contributed by atoms with Crippen molar-refractivity contribution < 1.29 is 0 Å². The molecular formula is C8H10N2. The molecule has 1 aromatic rings. The van der Waals surface area contributed by atoms with Crippen molar-refractivity contribution in [1.82, 2.24) is 4.57 Å². The lowest BCUT2D eigenvalue weighted by molar-refractivity contribution is 0.699. The fraction of sp³-hybridized carbons (Fsp3) is 0.375. The summed E-state index contributed by atoms with van der Waals surface area (Å²) in [6, 6.07) is 6.14. The molecule has 0 aliphatic carbocycles. The Kier molecular flexibility index (Phi) is 2.11. The Morgan fingerprint density at radius 3 is 3.00 bits per heavy atom. The zero-order valence-corrected chi connectivity index (χ0v) is 6.04. The van der Waals surface area contributed by atoms with E-state index in [1.54, 1.807) is 0 Å². The van der Waals surface area contributed by atoms with Crippen molar-refractivity contribution in [3.8, 4) is 6.07 Å². The van der Waals surface area contributed by atoms with Gasteiger partial charge in [-0.2, -0.15) is 5.26 Å². The molecule has 52 valence electrons. The van der Waals surface area contributed by atoms with E-state index >= 15 is 0 Å². The molecular weight excluding hydrogens is 124 g/mol. The van der Waals surface area contributed by atoms with Crippen LogP contribution in [0, 0.1) is 18.3 Å². The van der Waals surface area contributed by atoms with Gasteiger partial charge in [0.2, 0.25) is 0 Å². The molecule has 0 bridgehead atoms. The van der Waals surface area contributed by atoms with E-state index in [1.807, 2.05) is 25.3 Å². The molecule has 2 heteroatoms. The number of hydrogen-bond acceptors (Lipinski definition) is 1. The quantitative estimate of drug-likeness (QED) is 0.605. The third-order valence-corrected chi connectivity index (χ3v) is 1.52. The average molecular weight is 134 g/mol. The minimum absolute atomic E-state index is 0.593. The van der Waals surface area contributed by atoms with Crippen LogP contribution < -0.4 is 0 Å². The summed E-state index contributed by atoms with van der Waals surface area (Å²) in [4.78, 5) is 0. The molecule has 0 amide bonds. The maximum atomic E-state index is 8.29. The average Bonchev–Trinajstić information content (AvgIpc) is 2.31. The van der Waals surface area contributed by atoms with Gasteiger partial charge in [-0.25, -0.2) is 0 Å². The fourth-order valence-corrected chi connectivity index (χ4v) is 0.921. The van der Waals surface area contributed by atoms with Crippen molar-refractivity contribution in [3.05, 3.63) is 24.0 Å². The first-order valence-electron chi connectivity index (χ1n) is 3.33. The first kappa shape index (κ1) is 6.88. The largest absolute Gasteiger partial charge is 0.351 e. The predicted octanol–water partition coefficient (Wildman–Crippen LogP) is 1.71. The summed E-state index contributed by atoms with van der Waals surface area (Å²) in [7, 11) is 0. The minimum Gasteiger partial charge on any atom is -0.351 e. The molecule has 2 nitrogen and oxygen atoms in total. The van der Waals surface area contributed by atoms with Gasteiger partial charge in [0.1, 0.15) is 0 Å². The highest BCUT2D eigenvalue weighted by atomic mass is 14.9. The lowest BCUT2D eigenvalue weighted by Crippen LogP contribution is -1.96. The van der Waals surface area contributed by atoms with Gasteiger partial charge in [0.05, 0.1) is 12.5 Å². The van der Waals surface area contributed by atoms with Crippen molar-refractivity contribution >= 4 is 0 Å². The highest BCUT2D eigenvalue weighted by Gasteiger charge is 1.91. The second-order valence-corrected chi connectivity index (χ2v) is 2.25. The van der Waals surface area contributed by atoms with Crippen molar-refractivity contribution in [1.29, 1.82) is 5.26 Å². The van der Waals surface area contributed by atoms with E-state index in [-0.39, 0.29) is 0 Å². The first-order valence-corrected chi connectivity index (χ1v) is 3.33. The van der Waals surface area contributed by atoms with Crippen LogP contribution in [0.15, 0.2) is 18.3 Å². The molecule has 0 atom stereocenters. The normalized spacial score (nSPS) is 9.20. The number of nitriles is 1. The molecule has 0 saturated heterocycles. The van der Waals surface area contributed by atoms with E-state index in [1.165, 1.54) is 5.69 Å².